The summed E-state index contributed by atoms with van der Waals surface area (Å²) in [6, 6.07) is 7.17. The molecule has 50 valence electrons. The van der Waals surface area contributed by atoms with Crippen LogP contribution in [0.1, 0.15) is 5.56 Å². The number of benzene rings is 1. The topological polar surface area (TPSA) is 0 Å². The maximum absolute atomic E-state index is 12.1. The summed E-state index contributed by atoms with van der Waals surface area (Å²) in [4.78, 5) is 0. The van der Waals surface area contributed by atoms with Crippen LogP contribution in [-0.4, -0.2) is 0 Å². The first-order valence-electron chi connectivity index (χ1n) is 2.69. The Labute approximate surface area is 76.9 Å². The van der Waals surface area contributed by atoms with Crippen molar-refractivity contribution in [1.29, 1.82) is 0 Å². The van der Waals surface area contributed by atoms with Gasteiger partial charge in [-0.3, -0.25) is 4.39 Å². The second-order valence-electron chi connectivity index (χ2n) is 1.73. The monoisotopic (exact) mass is 252 g/mol. The Morgan fingerprint density at radius 1 is 1.50 bits per heavy atom. The molecule has 0 bridgehead atoms. The SMILES string of the molecule is Cc1c[c-]cc(F)c1.[Zn+][Br]. The molecule has 0 nitrogen and oxygen atoms in total. The molecule has 0 aliphatic heterocycles. The fourth-order valence-electron chi connectivity index (χ4n) is 0.554. The predicted molar refractivity (Wildman–Crippen MR) is 38.9 cm³/mol. The van der Waals surface area contributed by atoms with Crippen molar-refractivity contribution in [3.05, 3.63) is 35.6 Å². The van der Waals surface area contributed by atoms with Gasteiger partial charge in [-0.2, -0.15) is 17.7 Å². The summed E-state index contributed by atoms with van der Waals surface area (Å²) in [6.07, 6.45) is 0. The molecule has 0 saturated heterocycles. The van der Waals surface area contributed by atoms with Gasteiger partial charge in [-0.05, 0) is 0 Å². The average molecular weight is 254 g/mol. The molecule has 1 aromatic carbocycles. The van der Waals surface area contributed by atoms with Gasteiger partial charge in [-0.15, -0.1) is 12.1 Å². The quantitative estimate of drug-likeness (QED) is 0.493. The third-order valence-electron chi connectivity index (χ3n) is 0.898. The van der Waals surface area contributed by atoms with Gasteiger partial charge in [-0.25, -0.2) is 0 Å². The van der Waals surface area contributed by atoms with Crippen LogP contribution in [0.3, 0.4) is 0 Å². The summed E-state index contributed by atoms with van der Waals surface area (Å²) in [5.74, 6) is -0.218. The summed E-state index contributed by atoms with van der Waals surface area (Å²) >= 11 is 4.25. The summed E-state index contributed by atoms with van der Waals surface area (Å²) in [7, 11) is 0. The van der Waals surface area contributed by atoms with Crippen molar-refractivity contribution in [1.82, 2.24) is 0 Å². The molecule has 0 N–H and O–H groups in total. The predicted octanol–water partition coefficient (Wildman–Crippen LogP) is 2.78. The van der Waals surface area contributed by atoms with Crippen molar-refractivity contribution in [2.45, 2.75) is 6.92 Å². The molecule has 0 unspecified atom stereocenters. The Bertz CT molecular complexity index is 173. The fourth-order valence-corrected chi connectivity index (χ4v) is 0.554. The van der Waals surface area contributed by atoms with Crippen LogP contribution < -0.4 is 0 Å². The number of hydrogen-bond donors (Lipinski definition) is 0. The zero-order valence-corrected chi connectivity index (χ0v) is 10.2. The van der Waals surface area contributed by atoms with Crippen molar-refractivity contribution < 1.29 is 20.7 Å². The summed E-state index contributed by atoms with van der Waals surface area (Å²) in [5, 5.41) is 0. The van der Waals surface area contributed by atoms with E-state index in [1.807, 2.05) is 6.92 Å². The van der Waals surface area contributed by atoms with Gasteiger partial charge in [-0.1, -0.05) is 6.92 Å². The standard InChI is InChI=1S/C7H6F.BrH.Zn/c1-6-3-2-4-7(8)5-6;;/h3-5H,1H3;1H;/q-1;;+2/p-1. The van der Waals surface area contributed by atoms with Gasteiger partial charge in [0.25, 0.3) is 0 Å². The van der Waals surface area contributed by atoms with E-state index < -0.39 is 0 Å². The van der Waals surface area contributed by atoms with Crippen LogP contribution in [-0.2, 0) is 16.3 Å². The zero-order valence-electron chi connectivity index (χ0n) is 5.70. The van der Waals surface area contributed by atoms with Crippen molar-refractivity contribution in [3.8, 4) is 0 Å². The molecule has 0 atom stereocenters. The molecule has 1 aromatic rings. The second-order valence-corrected chi connectivity index (χ2v) is 1.73. The maximum atomic E-state index is 12.1. The summed E-state index contributed by atoms with van der Waals surface area (Å²) < 4.78 is 12.1. The van der Waals surface area contributed by atoms with Crippen molar-refractivity contribution in [2.24, 2.45) is 0 Å². The first kappa shape index (κ1) is 10.3. The Morgan fingerprint density at radius 3 is 2.40 bits per heavy atom. The van der Waals surface area contributed by atoms with Crippen LogP contribution in [0.15, 0.2) is 18.2 Å². The Hall–Kier alpha value is 0.253. The Kier molecular flexibility index (Phi) is 6.15. The van der Waals surface area contributed by atoms with Crippen LogP contribution in [0.2, 0.25) is 0 Å². The molecule has 0 aliphatic rings. The molecule has 10 heavy (non-hydrogen) atoms. The normalized spacial score (nSPS) is 8.10. The minimum atomic E-state index is -0.218. The summed E-state index contributed by atoms with van der Waals surface area (Å²) in [6.45, 7) is 1.83. The van der Waals surface area contributed by atoms with Gasteiger partial charge in [0, 0.05) is 5.82 Å². The molecule has 0 fully saturated rings. The Balaban J connectivity index is 0.000000371. The van der Waals surface area contributed by atoms with Crippen LogP contribution >= 0.6 is 13.6 Å². The molecule has 0 radical (unpaired) electrons. The van der Waals surface area contributed by atoms with Crippen molar-refractivity contribution in [2.75, 3.05) is 0 Å². The number of aryl methyl sites for hydroxylation is 1. The van der Waals surface area contributed by atoms with Gasteiger partial charge in [0.15, 0.2) is 0 Å². The van der Waals surface area contributed by atoms with Gasteiger partial charge in [0.05, 0.1) is 0 Å². The first-order valence-corrected chi connectivity index (χ1v) is 9.64. The van der Waals surface area contributed by atoms with Crippen molar-refractivity contribution in [3.63, 3.8) is 0 Å². The molecule has 3 heteroatoms. The summed E-state index contributed by atoms with van der Waals surface area (Å²) in [5.41, 5.74) is 0.907. The van der Waals surface area contributed by atoms with E-state index in [1.54, 1.807) is 6.07 Å². The zero-order chi connectivity index (χ0) is 7.98. The fraction of sp³-hybridized carbons (Fsp3) is 0.143. The van der Waals surface area contributed by atoms with Crippen LogP contribution in [0.25, 0.3) is 0 Å². The average Bonchev–Trinajstić information content (AvgIpc) is 1.91. The van der Waals surface area contributed by atoms with Gasteiger partial charge < -0.3 is 0 Å². The molecule has 0 aromatic heterocycles. The molecule has 0 spiro atoms. The van der Waals surface area contributed by atoms with E-state index >= 15 is 0 Å². The molecular weight excluding hydrogens is 248 g/mol. The minimum absolute atomic E-state index is 0.218. The molecule has 0 heterocycles. The molecular formula is C7H6BrFZn. The molecule has 1 rings (SSSR count). The third kappa shape index (κ3) is 4.13. The van der Waals surface area contributed by atoms with E-state index in [-0.39, 0.29) is 5.82 Å². The number of halogens is 2. The van der Waals surface area contributed by atoms with Crippen LogP contribution in [0, 0.1) is 18.8 Å². The van der Waals surface area contributed by atoms with Gasteiger partial charge in [0.1, 0.15) is 0 Å². The molecule has 0 amide bonds. The van der Waals surface area contributed by atoms with Crippen LogP contribution in [0.4, 0.5) is 4.39 Å². The Morgan fingerprint density at radius 2 is 2.10 bits per heavy atom. The number of rotatable bonds is 0. The third-order valence-corrected chi connectivity index (χ3v) is 0.898. The first-order chi connectivity index (χ1) is 4.79. The van der Waals surface area contributed by atoms with E-state index in [4.69, 9.17) is 0 Å². The van der Waals surface area contributed by atoms with E-state index in [0.717, 1.165) is 5.56 Å². The number of hydrogen-bond acceptors (Lipinski definition) is 0. The van der Waals surface area contributed by atoms with Gasteiger partial charge in [0.2, 0.25) is 0 Å². The van der Waals surface area contributed by atoms with Crippen LogP contribution in [0.5, 0.6) is 0 Å². The molecule has 0 saturated carbocycles. The van der Waals surface area contributed by atoms with E-state index in [0.29, 0.717) is 0 Å². The van der Waals surface area contributed by atoms with E-state index in [2.05, 4.69) is 19.7 Å². The van der Waals surface area contributed by atoms with Crippen molar-refractivity contribution >= 4 is 13.6 Å². The van der Waals surface area contributed by atoms with E-state index in [1.165, 1.54) is 28.5 Å². The van der Waals surface area contributed by atoms with Gasteiger partial charge >= 0.3 is 30.0 Å². The molecule has 0 aliphatic carbocycles. The second kappa shape index (κ2) is 6.00. The van der Waals surface area contributed by atoms with E-state index in [9.17, 15) is 4.39 Å².